The van der Waals surface area contributed by atoms with Crippen molar-refractivity contribution < 1.29 is 9.31 Å². The lowest BCUT2D eigenvalue weighted by atomic mass is 9.75. The van der Waals surface area contributed by atoms with Gasteiger partial charge in [-0.25, -0.2) is 0 Å². The third-order valence-electron chi connectivity index (χ3n) is 4.12. The summed E-state index contributed by atoms with van der Waals surface area (Å²) >= 11 is 0. The molecular weight excluding hydrogens is 232 g/mol. The molecule has 1 fully saturated rings. The SMILES string of the molecule is CPN1CC=C(B2OC(C)(C)C(C)(C)O2)CC1. The molecule has 2 heterocycles. The first kappa shape index (κ1) is 13.5. The van der Waals surface area contributed by atoms with Crippen molar-refractivity contribution in [3.05, 3.63) is 11.5 Å². The van der Waals surface area contributed by atoms with Crippen molar-refractivity contribution >= 4 is 15.8 Å². The Bertz CT molecular complexity index is 314. The molecular formula is C12H23BNO2P. The van der Waals surface area contributed by atoms with Crippen LogP contribution in [0.15, 0.2) is 11.5 Å². The predicted octanol–water partition coefficient (Wildman–Crippen LogP) is 2.47. The molecule has 2 rings (SSSR count). The van der Waals surface area contributed by atoms with Crippen LogP contribution in [0.25, 0.3) is 0 Å². The van der Waals surface area contributed by atoms with E-state index in [2.05, 4.69) is 45.1 Å². The predicted molar refractivity (Wildman–Crippen MR) is 74.6 cm³/mol. The Hall–Kier alpha value is 0.115. The van der Waals surface area contributed by atoms with Gasteiger partial charge in [0.25, 0.3) is 0 Å². The van der Waals surface area contributed by atoms with Gasteiger partial charge >= 0.3 is 7.12 Å². The van der Waals surface area contributed by atoms with Crippen LogP contribution in [0.3, 0.4) is 0 Å². The fraction of sp³-hybridized carbons (Fsp3) is 0.833. The van der Waals surface area contributed by atoms with Crippen LogP contribution in [0.1, 0.15) is 34.1 Å². The van der Waals surface area contributed by atoms with E-state index in [1.165, 1.54) is 5.47 Å². The van der Waals surface area contributed by atoms with Crippen molar-refractivity contribution in [1.82, 2.24) is 4.67 Å². The number of rotatable bonds is 2. The van der Waals surface area contributed by atoms with Crippen LogP contribution in [0.4, 0.5) is 0 Å². The average molecular weight is 255 g/mol. The highest BCUT2D eigenvalue weighted by Gasteiger charge is 2.52. The number of hydrogen-bond donors (Lipinski definition) is 0. The van der Waals surface area contributed by atoms with Crippen molar-refractivity contribution in [2.75, 3.05) is 19.8 Å². The molecule has 2 aliphatic rings. The van der Waals surface area contributed by atoms with Crippen LogP contribution in [-0.2, 0) is 9.31 Å². The Kier molecular flexibility index (Phi) is 3.71. The number of nitrogens with zero attached hydrogens (tertiary/aromatic N) is 1. The molecule has 0 amide bonds. The summed E-state index contributed by atoms with van der Waals surface area (Å²) in [6.07, 6.45) is 3.35. The minimum atomic E-state index is -0.220. The molecule has 1 unspecified atom stereocenters. The second kappa shape index (κ2) is 4.66. The Morgan fingerprint density at radius 1 is 1.24 bits per heavy atom. The second-order valence-corrected chi connectivity index (χ2v) is 6.87. The van der Waals surface area contributed by atoms with Crippen molar-refractivity contribution in [3.8, 4) is 0 Å². The Morgan fingerprint density at radius 2 is 1.82 bits per heavy atom. The van der Waals surface area contributed by atoms with Gasteiger partial charge in [0.2, 0.25) is 0 Å². The van der Waals surface area contributed by atoms with Gasteiger partial charge in [0.05, 0.1) is 11.2 Å². The van der Waals surface area contributed by atoms with Gasteiger partial charge in [-0.05, 0) is 46.3 Å². The lowest BCUT2D eigenvalue weighted by molar-refractivity contribution is 0.00578. The highest BCUT2D eigenvalue weighted by Crippen LogP contribution is 2.39. The summed E-state index contributed by atoms with van der Waals surface area (Å²) in [7, 11) is 0.755. The summed E-state index contributed by atoms with van der Waals surface area (Å²) in [5, 5.41) is 0. The summed E-state index contributed by atoms with van der Waals surface area (Å²) in [5.74, 6) is 0. The lowest BCUT2D eigenvalue weighted by Gasteiger charge is -2.32. The normalized spacial score (nSPS) is 29.0. The molecule has 2 aliphatic heterocycles. The fourth-order valence-electron chi connectivity index (χ4n) is 2.10. The fourth-order valence-corrected chi connectivity index (χ4v) is 2.71. The standard InChI is InChI=1S/C12H23BNO2P/c1-11(2)12(3,4)16-13(15-11)10-6-8-14(17-5)9-7-10/h6,17H,7-9H2,1-5H3. The van der Waals surface area contributed by atoms with E-state index in [0.717, 1.165) is 28.2 Å². The van der Waals surface area contributed by atoms with E-state index in [9.17, 15) is 0 Å². The third-order valence-corrected chi connectivity index (χ3v) is 5.16. The molecule has 3 nitrogen and oxygen atoms in total. The van der Waals surface area contributed by atoms with E-state index >= 15 is 0 Å². The van der Waals surface area contributed by atoms with E-state index < -0.39 is 0 Å². The van der Waals surface area contributed by atoms with Gasteiger partial charge < -0.3 is 9.31 Å². The summed E-state index contributed by atoms with van der Waals surface area (Å²) < 4.78 is 14.6. The summed E-state index contributed by atoms with van der Waals surface area (Å²) in [5.41, 5.74) is 0.878. The van der Waals surface area contributed by atoms with E-state index in [1.807, 2.05) is 0 Å². The molecule has 1 atom stereocenters. The molecule has 0 spiro atoms. The zero-order valence-electron chi connectivity index (χ0n) is 11.5. The molecule has 0 N–H and O–H groups in total. The molecule has 0 radical (unpaired) electrons. The van der Waals surface area contributed by atoms with Crippen molar-refractivity contribution in [3.63, 3.8) is 0 Å². The molecule has 0 saturated carbocycles. The van der Waals surface area contributed by atoms with E-state index in [1.54, 1.807) is 0 Å². The van der Waals surface area contributed by atoms with E-state index in [4.69, 9.17) is 9.31 Å². The van der Waals surface area contributed by atoms with Crippen molar-refractivity contribution in [2.24, 2.45) is 0 Å². The third kappa shape index (κ3) is 2.60. The Morgan fingerprint density at radius 3 is 2.24 bits per heavy atom. The molecule has 96 valence electrons. The maximum Gasteiger partial charge on any atom is 0.490 e. The van der Waals surface area contributed by atoms with Crippen LogP contribution in [0.5, 0.6) is 0 Å². The van der Waals surface area contributed by atoms with Crippen molar-refractivity contribution in [2.45, 2.75) is 45.3 Å². The van der Waals surface area contributed by atoms with Gasteiger partial charge in [-0.1, -0.05) is 14.8 Å². The van der Waals surface area contributed by atoms with E-state index in [0.29, 0.717) is 0 Å². The lowest BCUT2D eigenvalue weighted by Crippen LogP contribution is -2.41. The smallest absolute Gasteiger partial charge is 0.400 e. The quantitative estimate of drug-likeness (QED) is 0.559. The topological polar surface area (TPSA) is 21.7 Å². The highest BCUT2D eigenvalue weighted by molar-refractivity contribution is 7.34. The summed E-state index contributed by atoms with van der Waals surface area (Å²) in [6, 6.07) is 0. The van der Waals surface area contributed by atoms with Gasteiger partial charge in [-0.2, -0.15) is 0 Å². The summed E-state index contributed by atoms with van der Waals surface area (Å²) in [6.45, 7) is 12.8. The molecule has 0 aromatic heterocycles. The van der Waals surface area contributed by atoms with Crippen LogP contribution < -0.4 is 0 Å². The molecule has 0 aromatic carbocycles. The van der Waals surface area contributed by atoms with Gasteiger partial charge in [0.1, 0.15) is 0 Å². The van der Waals surface area contributed by atoms with Crippen LogP contribution >= 0.6 is 8.73 Å². The zero-order valence-corrected chi connectivity index (χ0v) is 12.5. The van der Waals surface area contributed by atoms with Crippen LogP contribution in [0, 0.1) is 0 Å². The van der Waals surface area contributed by atoms with Crippen LogP contribution in [-0.4, -0.2) is 42.7 Å². The molecule has 1 saturated heterocycles. The molecule has 0 aromatic rings. The van der Waals surface area contributed by atoms with Gasteiger partial charge in [-0.15, -0.1) is 0 Å². The maximum absolute atomic E-state index is 6.07. The van der Waals surface area contributed by atoms with Gasteiger partial charge in [-0.3, -0.25) is 4.67 Å². The monoisotopic (exact) mass is 255 g/mol. The minimum Gasteiger partial charge on any atom is -0.400 e. The first-order valence-corrected chi connectivity index (χ1v) is 7.77. The van der Waals surface area contributed by atoms with Crippen LogP contribution in [0.2, 0.25) is 0 Å². The van der Waals surface area contributed by atoms with Crippen molar-refractivity contribution in [1.29, 1.82) is 0 Å². The second-order valence-electron chi connectivity index (χ2n) is 5.79. The maximum atomic E-state index is 6.07. The largest absolute Gasteiger partial charge is 0.490 e. The molecule has 17 heavy (non-hydrogen) atoms. The first-order valence-electron chi connectivity index (χ1n) is 6.32. The Balaban J connectivity index is 2.05. The number of hydrogen-bond acceptors (Lipinski definition) is 3. The molecule has 5 heteroatoms. The van der Waals surface area contributed by atoms with E-state index in [-0.39, 0.29) is 18.3 Å². The van der Waals surface area contributed by atoms with Gasteiger partial charge in [0.15, 0.2) is 0 Å². The van der Waals surface area contributed by atoms with Gasteiger partial charge in [0, 0.05) is 13.1 Å². The summed E-state index contributed by atoms with van der Waals surface area (Å²) in [4.78, 5) is 0. The first-order chi connectivity index (χ1) is 7.86. The molecule has 0 bridgehead atoms. The Labute approximate surface area is 107 Å². The minimum absolute atomic E-state index is 0.137. The zero-order chi connectivity index (χ0) is 12.7. The highest BCUT2D eigenvalue weighted by atomic mass is 31.1. The molecule has 0 aliphatic carbocycles. The average Bonchev–Trinajstić information content (AvgIpc) is 2.48.